The van der Waals surface area contributed by atoms with E-state index < -0.39 is 0 Å². The Balaban J connectivity index is 1.99. The molecule has 1 aliphatic heterocycles. The van der Waals surface area contributed by atoms with Crippen molar-refractivity contribution in [2.75, 3.05) is 6.54 Å². The first-order valence-electron chi connectivity index (χ1n) is 5.08. The molecule has 1 saturated carbocycles. The number of nitrogens with zero attached hydrogens (tertiary/aromatic N) is 1. The van der Waals surface area contributed by atoms with Crippen molar-refractivity contribution in [3.8, 4) is 0 Å². The molecule has 1 heterocycles. The van der Waals surface area contributed by atoms with Gasteiger partial charge in [0.05, 0.1) is 10.4 Å². The molecule has 2 heteroatoms. The Hall–Kier alpha value is 0.177. The van der Waals surface area contributed by atoms with Crippen LogP contribution in [0.2, 0.25) is 0 Å². The summed E-state index contributed by atoms with van der Waals surface area (Å²) in [5, 5.41) is 0. The van der Waals surface area contributed by atoms with E-state index in [0.29, 0.717) is 0 Å². The van der Waals surface area contributed by atoms with Crippen LogP contribution in [0.25, 0.3) is 0 Å². The summed E-state index contributed by atoms with van der Waals surface area (Å²) in [7, 11) is 1.30. The molecule has 0 aromatic carbocycles. The molecule has 0 spiro atoms. The van der Waals surface area contributed by atoms with Gasteiger partial charge in [0.15, 0.2) is 0 Å². The highest BCUT2D eigenvalue weighted by atomic mass is 28.2. The molecule has 2 rings (SSSR count). The molecule has 0 amide bonds. The SMILES string of the molecule is [SiH3]N1CCCC2CCCCC21. The lowest BCUT2D eigenvalue weighted by atomic mass is 9.79. The highest BCUT2D eigenvalue weighted by Crippen LogP contribution is 2.33. The third-order valence-electron chi connectivity index (χ3n) is 3.52. The number of hydrogen-bond acceptors (Lipinski definition) is 1. The Morgan fingerprint density at radius 2 is 1.73 bits per heavy atom. The van der Waals surface area contributed by atoms with Crippen LogP contribution < -0.4 is 0 Å². The fraction of sp³-hybridized carbons (Fsp3) is 1.00. The summed E-state index contributed by atoms with van der Waals surface area (Å²) in [5.41, 5.74) is 0. The molecule has 64 valence electrons. The van der Waals surface area contributed by atoms with Crippen molar-refractivity contribution in [3.05, 3.63) is 0 Å². The van der Waals surface area contributed by atoms with Gasteiger partial charge in [0.2, 0.25) is 0 Å². The summed E-state index contributed by atoms with van der Waals surface area (Å²) >= 11 is 0. The quantitative estimate of drug-likeness (QED) is 0.488. The van der Waals surface area contributed by atoms with E-state index in [9.17, 15) is 0 Å². The Kier molecular flexibility index (Phi) is 2.32. The minimum absolute atomic E-state index is 1.02. The van der Waals surface area contributed by atoms with E-state index in [4.69, 9.17) is 0 Å². The second kappa shape index (κ2) is 3.28. The van der Waals surface area contributed by atoms with Gasteiger partial charge < -0.3 is 4.57 Å². The van der Waals surface area contributed by atoms with E-state index in [1.807, 2.05) is 0 Å². The van der Waals surface area contributed by atoms with E-state index in [1.54, 1.807) is 0 Å². The van der Waals surface area contributed by atoms with Gasteiger partial charge in [-0.1, -0.05) is 12.8 Å². The van der Waals surface area contributed by atoms with Crippen molar-refractivity contribution in [1.29, 1.82) is 0 Å². The molecule has 0 aromatic heterocycles. The van der Waals surface area contributed by atoms with Crippen LogP contribution in [-0.2, 0) is 0 Å². The van der Waals surface area contributed by atoms with Crippen molar-refractivity contribution in [1.82, 2.24) is 4.57 Å². The zero-order chi connectivity index (χ0) is 7.68. The largest absolute Gasteiger partial charge is 0.329 e. The number of piperidine rings is 1. The fourth-order valence-electron chi connectivity index (χ4n) is 2.87. The standard InChI is InChI=1S/C9H19NSi/c11-10-7-3-5-8-4-1-2-6-9(8)10/h8-9H,1-7H2,11H3. The summed E-state index contributed by atoms with van der Waals surface area (Å²) in [6, 6.07) is 1.02. The van der Waals surface area contributed by atoms with E-state index >= 15 is 0 Å². The summed E-state index contributed by atoms with van der Waals surface area (Å²) in [5.74, 6) is 1.09. The van der Waals surface area contributed by atoms with Gasteiger partial charge in [-0.15, -0.1) is 0 Å². The molecule has 2 atom stereocenters. The van der Waals surface area contributed by atoms with Crippen molar-refractivity contribution in [2.24, 2.45) is 5.92 Å². The highest BCUT2D eigenvalue weighted by Gasteiger charge is 2.30. The molecule has 11 heavy (non-hydrogen) atoms. The Bertz CT molecular complexity index is 136. The fourth-order valence-corrected chi connectivity index (χ4v) is 3.87. The monoisotopic (exact) mass is 169 g/mol. The average molecular weight is 169 g/mol. The second-order valence-corrected chi connectivity index (χ2v) is 5.38. The minimum Gasteiger partial charge on any atom is -0.329 e. The molecule has 1 saturated heterocycles. The maximum absolute atomic E-state index is 2.73. The predicted octanol–water partition coefficient (Wildman–Crippen LogP) is 0.921. The zero-order valence-electron chi connectivity index (χ0n) is 7.55. The third kappa shape index (κ3) is 1.52. The van der Waals surface area contributed by atoms with Crippen molar-refractivity contribution < 1.29 is 0 Å². The lowest BCUT2D eigenvalue weighted by Gasteiger charge is -2.42. The predicted molar refractivity (Wildman–Crippen MR) is 51.6 cm³/mol. The van der Waals surface area contributed by atoms with Crippen molar-refractivity contribution in [3.63, 3.8) is 0 Å². The van der Waals surface area contributed by atoms with Gasteiger partial charge in [-0.3, -0.25) is 0 Å². The van der Waals surface area contributed by atoms with Gasteiger partial charge >= 0.3 is 0 Å². The molecular formula is C9H19NSi. The van der Waals surface area contributed by atoms with Crippen LogP contribution in [0.15, 0.2) is 0 Å². The zero-order valence-corrected chi connectivity index (χ0v) is 9.55. The summed E-state index contributed by atoms with van der Waals surface area (Å²) < 4.78 is 2.73. The van der Waals surface area contributed by atoms with Crippen LogP contribution in [0.4, 0.5) is 0 Å². The highest BCUT2D eigenvalue weighted by molar-refractivity contribution is 6.04. The average Bonchev–Trinajstić information content (AvgIpc) is 2.06. The topological polar surface area (TPSA) is 3.24 Å². The second-order valence-electron chi connectivity index (χ2n) is 4.23. The van der Waals surface area contributed by atoms with Gasteiger partial charge in [0.1, 0.15) is 0 Å². The molecular weight excluding hydrogens is 150 g/mol. The summed E-state index contributed by atoms with van der Waals surface area (Å²) in [4.78, 5) is 0. The van der Waals surface area contributed by atoms with Gasteiger partial charge in [-0.25, -0.2) is 0 Å². The molecule has 2 aliphatic rings. The van der Waals surface area contributed by atoms with Gasteiger partial charge in [0, 0.05) is 6.04 Å². The number of hydrogen-bond donors (Lipinski definition) is 0. The molecule has 2 unspecified atom stereocenters. The molecule has 0 aromatic rings. The summed E-state index contributed by atoms with van der Waals surface area (Å²) in [6.45, 7) is 1.41. The minimum atomic E-state index is 1.02. The first kappa shape index (κ1) is 7.81. The molecule has 0 bridgehead atoms. The van der Waals surface area contributed by atoms with Crippen LogP contribution in [0.5, 0.6) is 0 Å². The normalized spacial score (nSPS) is 40.4. The van der Waals surface area contributed by atoms with Crippen molar-refractivity contribution >= 4 is 10.4 Å². The van der Waals surface area contributed by atoms with E-state index in [2.05, 4.69) is 4.57 Å². The number of rotatable bonds is 0. The first-order chi connectivity index (χ1) is 5.38. The molecule has 1 aliphatic carbocycles. The molecule has 0 N–H and O–H groups in total. The Morgan fingerprint density at radius 3 is 2.55 bits per heavy atom. The van der Waals surface area contributed by atoms with Gasteiger partial charge in [0.25, 0.3) is 0 Å². The maximum atomic E-state index is 2.73. The molecule has 0 radical (unpaired) electrons. The third-order valence-corrected chi connectivity index (χ3v) is 4.63. The lowest BCUT2D eigenvalue weighted by molar-refractivity contribution is 0.132. The van der Waals surface area contributed by atoms with Crippen molar-refractivity contribution in [2.45, 2.75) is 44.6 Å². The molecule has 2 fully saturated rings. The Labute approximate surface area is 72.7 Å². The van der Waals surface area contributed by atoms with E-state index in [-0.39, 0.29) is 0 Å². The maximum Gasteiger partial charge on any atom is 0.0788 e. The van der Waals surface area contributed by atoms with Crippen LogP contribution in [0.3, 0.4) is 0 Å². The van der Waals surface area contributed by atoms with Crippen LogP contribution in [-0.4, -0.2) is 27.6 Å². The smallest absolute Gasteiger partial charge is 0.0788 e. The van der Waals surface area contributed by atoms with E-state index in [1.165, 1.54) is 55.5 Å². The Morgan fingerprint density at radius 1 is 1.00 bits per heavy atom. The van der Waals surface area contributed by atoms with Crippen LogP contribution in [0.1, 0.15) is 38.5 Å². The van der Waals surface area contributed by atoms with Gasteiger partial charge in [-0.2, -0.15) is 0 Å². The lowest BCUT2D eigenvalue weighted by Crippen LogP contribution is -2.45. The molecule has 1 nitrogen and oxygen atoms in total. The van der Waals surface area contributed by atoms with E-state index in [0.717, 1.165) is 12.0 Å². The van der Waals surface area contributed by atoms with Crippen LogP contribution >= 0.6 is 0 Å². The first-order valence-corrected chi connectivity index (χ1v) is 5.97. The number of fused-ring (bicyclic) bond motifs is 1. The van der Waals surface area contributed by atoms with Crippen LogP contribution in [0, 0.1) is 5.92 Å². The summed E-state index contributed by atoms with van der Waals surface area (Å²) in [6.07, 6.45) is 9.06. The van der Waals surface area contributed by atoms with Gasteiger partial charge in [-0.05, 0) is 38.1 Å².